The van der Waals surface area contributed by atoms with Crippen LogP contribution in [0.4, 0.5) is 0 Å². The van der Waals surface area contributed by atoms with Crippen molar-refractivity contribution in [2.24, 2.45) is 0 Å². The predicted octanol–water partition coefficient (Wildman–Crippen LogP) is 5.48. The van der Waals surface area contributed by atoms with Crippen LogP contribution in [-0.2, 0) is 12.8 Å². The summed E-state index contributed by atoms with van der Waals surface area (Å²) in [5.74, 6) is 0.411. The minimum atomic E-state index is 0.0469. The molecule has 0 saturated carbocycles. The van der Waals surface area contributed by atoms with Crippen molar-refractivity contribution in [3.63, 3.8) is 0 Å². The summed E-state index contributed by atoms with van der Waals surface area (Å²) in [7, 11) is 0. The van der Waals surface area contributed by atoms with E-state index < -0.39 is 0 Å². The van der Waals surface area contributed by atoms with Gasteiger partial charge in [-0.3, -0.25) is 4.79 Å². The van der Waals surface area contributed by atoms with Gasteiger partial charge in [0.25, 0.3) is 5.95 Å². The van der Waals surface area contributed by atoms with E-state index in [-0.39, 0.29) is 11.5 Å². The maximum absolute atomic E-state index is 13.1. The normalized spacial score (nSPS) is 12.6. The van der Waals surface area contributed by atoms with E-state index in [1.54, 1.807) is 0 Å². The van der Waals surface area contributed by atoms with E-state index in [0.717, 1.165) is 40.2 Å². The summed E-state index contributed by atoms with van der Waals surface area (Å²) in [5, 5.41) is 0.721. The number of halogens is 1. The summed E-state index contributed by atoms with van der Waals surface area (Å²) in [4.78, 5) is 13.1. The van der Waals surface area contributed by atoms with Gasteiger partial charge in [-0.05, 0) is 66.5 Å². The van der Waals surface area contributed by atoms with Crippen LogP contribution < -0.4 is 10.2 Å². The van der Waals surface area contributed by atoms with Crippen molar-refractivity contribution >= 4 is 33.6 Å². The van der Waals surface area contributed by atoms with Crippen LogP contribution in [0.15, 0.2) is 21.3 Å². The zero-order chi connectivity index (χ0) is 17.0. The lowest BCUT2D eigenvalue weighted by Crippen LogP contribution is -2.18. The van der Waals surface area contributed by atoms with Crippen LogP contribution in [0.25, 0.3) is 11.0 Å². The molecule has 0 bridgehead atoms. The fourth-order valence-electron chi connectivity index (χ4n) is 2.89. The lowest BCUT2D eigenvalue weighted by molar-refractivity contribution is 0.161. The summed E-state index contributed by atoms with van der Waals surface area (Å²) < 4.78 is 13.1. The Morgan fingerprint density at radius 3 is 2.52 bits per heavy atom. The van der Waals surface area contributed by atoms with Crippen LogP contribution in [-0.4, -0.2) is 6.10 Å². The number of hydrogen-bond donors (Lipinski definition) is 0. The summed E-state index contributed by atoms with van der Waals surface area (Å²) in [6, 6.07) is 3.88. The molecule has 3 nitrogen and oxygen atoms in total. The molecule has 0 saturated heterocycles. The lowest BCUT2D eigenvalue weighted by Gasteiger charge is -2.16. The molecule has 0 aliphatic carbocycles. The zero-order valence-electron chi connectivity index (χ0n) is 14.4. The first-order valence-corrected chi connectivity index (χ1v) is 9.54. The van der Waals surface area contributed by atoms with Crippen LogP contribution in [0, 0.1) is 3.57 Å². The molecule has 1 atom stereocenters. The quantitative estimate of drug-likeness (QED) is 0.549. The SMILES string of the molecule is CCCc1c(OC(C)CCC)oc2ccc(I)c(CC)c2c1=O. The maximum atomic E-state index is 13.1. The Balaban J connectivity index is 2.66. The average molecular weight is 428 g/mol. The number of benzene rings is 1. The van der Waals surface area contributed by atoms with Crippen LogP contribution in [0.1, 0.15) is 58.1 Å². The standard InChI is InChI=1S/C19H25IO3/c1-5-8-12(4)22-19-14(9-6-2)18(21)17-13(7-3)15(20)10-11-16(17)23-19/h10-12H,5-9H2,1-4H3. The average Bonchev–Trinajstić information content (AvgIpc) is 2.52. The Kier molecular flexibility index (Phi) is 6.50. The Morgan fingerprint density at radius 2 is 1.91 bits per heavy atom. The van der Waals surface area contributed by atoms with Crippen LogP contribution >= 0.6 is 22.6 Å². The van der Waals surface area contributed by atoms with Crippen molar-refractivity contribution in [3.8, 4) is 5.95 Å². The van der Waals surface area contributed by atoms with Gasteiger partial charge < -0.3 is 9.15 Å². The van der Waals surface area contributed by atoms with Crippen molar-refractivity contribution < 1.29 is 9.15 Å². The maximum Gasteiger partial charge on any atom is 0.292 e. The number of aryl methyl sites for hydroxylation is 1. The smallest absolute Gasteiger partial charge is 0.292 e. The topological polar surface area (TPSA) is 39.4 Å². The lowest BCUT2D eigenvalue weighted by atomic mass is 10.0. The van der Waals surface area contributed by atoms with Crippen molar-refractivity contribution in [2.45, 2.75) is 65.9 Å². The highest BCUT2D eigenvalue weighted by atomic mass is 127. The molecule has 0 radical (unpaired) electrons. The van der Waals surface area contributed by atoms with E-state index in [4.69, 9.17) is 9.15 Å². The fourth-order valence-corrected chi connectivity index (χ4v) is 3.73. The van der Waals surface area contributed by atoms with E-state index in [1.807, 2.05) is 19.1 Å². The van der Waals surface area contributed by atoms with Gasteiger partial charge in [-0.1, -0.05) is 33.6 Å². The molecule has 1 heterocycles. The van der Waals surface area contributed by atoms with E-state index in [1.165, 1.54) is 0 Å². The third-order valence-electron chi connectivity index (χ3n) is 4.02. The number of fused-ring (bicyclic) bond motifs is 1. The molecule has 1 aromatic carbocycles. The summed E-state index contributed by atoms with van der Waals surface area (Å²) in [6.45, 7) is 8.29. The van der Waals surface area contributed by atoms with Crippen LogP contribution in [0.3, 0.4) is 0 Å². The molecule has 23 heavy (non-hydrogen) atoms. The van der Waals surface area contributed by atoms with Gasteiger partial charge in [0.15, 0.2) is 5.43 Å². The molecular formula is C19H25IO3. The van der Waals surface area contributed by atoms with Gasteiger partial charge in [-0.2, -0.15) is 0 Å². The van der Waals surface area contributed by atoms with Gasteiger partial charge in [-0.15, -0.1) is 0 Å². The fraction of sp³-hybridized carbons (Fsp3) is 0.526. The van der Waals surface area contributed by atoms with Crippen molar-refractivity contribution in [2.75, 3.05) is 0 Å². The molecule has 1 aromatic heterocycles. The highest BCUT2D eigenvalue weighted by molar-refractivity contribution is 14.1. The highest BCUT2D eigenvalue weighted by Gasteiger charge is 2.19. The number of hydrogen-bond acceptors (Lipinski definition) is 3. The molecule has 0 N–H and O–H groups in total. The molecule has 0 amide bonds. The molecule has 0 aliphatic rings. The molecule has 0 fully saturated rings. The molecular weight excluding hydrogens is 403 g/mol. The van der Waals surface area contributed by atoms with Crippen LogP contribution in [0.2, 0.25) is 0 Å². The number of ether oxygens (including phenoxy) is 1. The van der Waals surface area contributed by atoms with Crippen LogP contribution in [0.5, 0.6) is 5.95 Å². The van der Waals surface area contributed by atoms with E-state index in [9.17, 15) is 4.79 Å². The Hall–Kier alpha value is -1.04. The van der Waals surface area contributed by atoms with Crippen molar-refractivity contribution in [3.05, 3.63) is 37.1 Å². The van der Waals surface area contributed by atoms with E-state index >= 15 is 0 Å². The summed E-state index contributed by atoms with van der Waals surface area (Å²) in [6.07, 6.45) is 4.42. The largest absolute Gasteiger partial charge is 0.462 e. The summed E-state index contributed by atoms with van der Waals surface area (Å²) in [5.41, 5.74) is 2.45. The Bertz CT molecular complexity index is 733. The Labute approximate surface area is 151 Å². The molecule has 4 heteroatoms. The molecule has 1 unspecified atom stereocenters. The second kappa shape index (κ2) is 8.18. The molecule has 2 rings (SSSR count). The molecule has 0 spiro atoms. The van der Waals surface area contributed by atoms with Crippen molar-refractivity contribution in [1.82, 2.24) is 0 Å². The van der Waals surface area contributed by atoms with Gasteiger partial charge in [0.1, 0.15) is 5.58 Å². The van der Waals surface area contributed by atoms with Gasteiger partial charge in [-0.25, -0.2) is 0 Å². The molecule has 2 aromatic rings. The van der Waals surface area contributed by atoms with Gasteiger partial charge in [0, 0.05) is 3.57 Å². The van der Waals surface area contributed by atoms with Gasteiger partial charge in [0.05, 0.1) is 17.1 Å². The Morgan fingerprint density at radius 1 is 1.17 bits per heavy atom. The van der Waals surface area contributed by atoms with E-state index in [2.05, 4.69) is 43.4 Å². The third-order valence-corrected chi connectivity index (χ3v) is 5.04. The third kappa shape index (κ3) is 3.90. The first-order valence-electron chi connectivity index (χ1n) is 8.47. The van der Waals surface area contributed by atoms with Gasteiger partial charge in [0.2, 0.25) is 0 Å². The van der Waals surface area contributed by atoms with E-state index in [0.29, 0.717) is 23.5 Å². The summed E-state index contributed by atoms with van der Waals surface area (Å²) >= 11 is 2.29. The minimum Gasteiger partial charge on any atom is -0.462 e. The zero-order valence-corrected chi connectivity index (χ0v) is 16.5. The minimum absolute atomic E-state index is 0.0469. The highest BCUT2D eigenvalue weighted by Crippen LogP contribution is 2.29. The second-order valence-electron chi connectivity index (χ2n) is 5.92. The first-order chi connectivity index (χ1) is 11.0. The number of rotatable bonds is 7. The first kappa shape index (κ1) is 18.3. The van der Waals surface area contributed by atoms with Crippen molar-refractivity contribution in [1.29, 1.82) is 0 Å². The monoisotopic (exact) mass is 428 g/mol. The molecule has 0 aliphatic heterocycles. The second-order valence-corrected chi connectivity index (χ2v) is 7.08. The molecule has 126 valence electrons. The van der Waals surface area contributed by atoms with Gasteiger partial charge >= 0.3 is 0 Å². The predicted molar refractivity (Wildman–Crippen MR) is 104 cm³/mol.